The zero-order chi connectivity index (χ0) is 14.0. The number of nitrogens with two attached hydrogens (primary N) is 1. The summed E-state index contributed by atoms with van der Waals surface area (Å²) in [7, 11) is 0. The Balaban J connectivity index is 2.28. The Morgan fingerprint density at radius 1 is 1.58 bits per heavy atom. The van der Waals surface area contributed by atoms with Crippen molar-refractivity contribution < 1.29 is 14.7 Å². The summed E-state index contributed by atoms with van der Waals surface area (Å²) in [5.74, 6) is -1.32. The number of carbonyl (C=O) groups is 2. The third-order valence-corrected chi connectivity index (χ3v) is 3.49. The molecule has 0 aliphatic carbocycles. The van der Waals surface area contributed by atoms with Gasteiger partial charge in [0.1, 0.15) is 5.82 Å². The summed E-state index contributed by atoms with van der Waals surface area (Å²) >= 11 is 0. The zero-order valence-electron chi connectivity index (χ0n) is 10.6. The number of aliphatic carboxylic acids is 1. The molecule has 0 aromatic carbocycles. The molecule has 0 spiro atoms. The molecule has 1 aromatic rings. The lowest BCUT2D eigenvalue weighted by atomic mass is 9.80. The quantitative estimate of drug-likeness (QED) is 0.657. The molecule has 0 saturated carbocycles. The van der Waals surface area contributed by atoms with Crippen molar-refractivity contribution in [1.82, 2.24) is 15.5 Å². The molecule has 1 saturated heterocycles. The van der Waals surface area contributed by atoms with E-state index in [9.17, 15) is 14.7 Å². The van der Waals surface area contributed by atoms with Crippen LogP contribution in [0, 0.1) is 5.41 Å². The van der Waals surface area contributed by atoms with E-state index in [1.165, 1.54) is 0 Å². The lowest BCUT2D eigenvalue weighted by molar-refractivity contribution is -0.153. The van der Waals surface area contributed by atoms with Crippen molar-refractivity contribution in [1.29, 1.82) is 0 Å². The summed E-state index contributed by atoms with van der Waals surface area (Å²) in [6.07, 6.45) is 0.996. The van der Waals surface area contributed by atoms with Gasteiger partial charge in [-0.1, -0.05) is 6.92 Å². The highest BCUT2D eigenvalue weighted by Gasteiger charge is 2.52. The Hall–Kier alpha value is -2.18. The lowest BCUT2D eigenvalue weighted by Gasteiger charge is -2.20. The fourth-order valence-electron chi connectivity index (χ4n) is 2.32. The van der Waals surface area contributed by atoms with Gasteiger partial charge in [0.25, 0.3) is 0 Å². The molecule has 1 fully saturated rings. The average molecular weight is 264 g/mol. The van der Waals surface area contributed by atoms with Crippen LogP contribution in [0.4, 0.5) is 5.82 Å². The number of nitrogens with one attached hydrogen (secondary N) is 1. The average Bonchev–Trinajstić information content (AvgIpc) is 2.70. The number of hydrogen-bond acceptors (Lipinski definition) is 5. The molecule has 4 N–H and O–H groups in total. The minimum atomic E-state index is -1.45. The van der Waals surface area contributed by atoms with E-state index in [1.54, 1.807) is 12.1 Å². The van der Waals surface area contributed by atoms with Crippen molar-refractivity contribution in [2.45, 2.75) is 32.2 Å². The van der Waals surface area contributed by atoms with Crippen molar-refractivity contribution in [2.24, 2.45) is 5.41 Å². The molecule has 2 heterocycles. The molecule has 0 bridgehead atoms. The number of carboxylic acids is 1. The molecule has 19 heavy (non-hydrogen) atoms. The van der Waals surface area contributed by atoms with Crippen LogP contribution in [0.5, 0.6) is 0 Å². The summed E-state index contributed by atoms with van der Waals surface area (Å²) < 4.78 is 0. The van der Waals surface area contributed by atoms with E-state index in [0.29, 0.717) is 12.1 Å². The monoisotopic (exact) mass is 264 g/mol. The van der Waals surface area contributed by atoms with Crippen LogP contribution in [-0.2, 0) is 16.0 Å². The van der Waals surface area contributed by atoms with Gasteiger partial charge < -0.3 is 16.2 Å². The molecule has 1 aromatic heterocycles. The van der Waals surface area contributed by atoms with Gasteiger partial charge in [0.15, 0.2) is 5.41 Å². The van der Waals surface area contributed by atoms with Gasteiger partial charge in [-0.25, -0.2) is 0 Å². The summed E-state index contributed by atoms with van der Waals surface area (Å²) in [6, 6.07) is 3.03. The molecule has 0 radical (unpaired) electrons. The number of rotatable bonds is 4. The van der Waals surface area contributed by atoms with Crippen molar-refractivity contribution in [3.8, 4) is 0 Å². The number of hydrogen-bond donors (Lipinski definition) is 3. The van der Waals surface area contributed by atoms with Gasteiger partial charge in [-0.05, 0) is 25.0 Å². The Bertz CT molecular complexity index is 502. The summed E-state index contributed by atoms with van der Waals surface area (Å²) in [5, 5.41) is 19.7. The van der Waals surface area contributed by atoms with Gasteiger partial charge in [-0.3, -0.25) is 9.59 Å². The van der Waals surface area contributed by atoms with Gasteiger partial charge in [-0.15, -0.1) is 5.10 Å². The van der Waals surface area contributed by atoms with Gasteiger partial charge in [0.05, 0.1) is 5.69 Å². The second kappa shape index (κ2) is 4.83. The van der Waals surface area contributed by atoms with Crippen molar-refractivity contribution >= 4 is 17.7 Å². The molecule has 1 amide bonds. The first-order chi connectivity index (χ1) is 8.98. The number of amides is 1. The highest BCUT2D eigenvalue weighted by molar-refractivity contribution is 6.04. The van der Waals surface area contributed by atoms with Crippen LogP contribution in [0.2, 0.25) is 0 Å². The Labute approximate surface area is 110 Å². The highest BCUT2D eigenvalue weighted by Crippen LogP contribution is 2.35. The van der Waals surface area contributed by atoms with Gasteiger partial charge in [-0.2, -0.15) is 5.10 Å². The van der Waals surface area contributed by atoms with Crippen LogP contribution in [0.1, 0.15) is 25.5 Å². The van der Waals surface area contributed by atoms with E-state index in [-0.39, 0.29) is 24.7 Å². The third kappa shape index (κ3) is 2.35. The van der Waals surface area contributed by atoms with Gasteiger partial charge in [0, 0.05) is 12.5 Å². The minimum Gasteiger partial charge on any atom is -0.480 e. The maximum absolute atomic E-state index is 12.0. The number of carboxylic acid groups (broad SMARTS) is 1. The largest absolute Gasteiger partial charge is 0.480 e. The zero-order valence-corrected chi connectivity index (χ0v) is 10.6. The first kappa shape index (κ1) is 13.3. The predicted octanol–water partition coefficient (Wildman–Crippen LogP) is -0.0292. The standard InChI is InChI=1S/C12H16N4O3/c1-2-7-5-12(11(18)19,10(17)14-7)6-8-3-4-9(13)16-15-8/h3-4,7H,2,5-6H2,1H3,(H2,13,16)(H,14,17)(H,18,19)/t7-,12?/m1/s1. The lowest BCUT2D eigenvalue weighted by Crippen LogP contribution is -2.41. The Morgan fingerprint density at radius 3 is 2.79 bits per heavy atom. The summed E-state index contributed by atoms with van der Waals surface area (Å²) in [5.41, 5.74) is 4.42. The first-order valence-electron chi connectivity index (χ1n) is 6.10. The van der Waals surface area contributed by atoms with E-state index in [2.05, 4.69) is 15.5 Å². The van der Waals surface area contributed by atoms with E-state index < -0.39 is 17.3 Å². The first-order valence-corrected chi connectivity index (χ1v) is 6.10. The molecule has 1 unspecified atom stereocenters. The van der Waals surface area contributed by atoms with Gasteiger partial charge in [0.2, 0.25) is 5.91 Å². The van der Waals surface area contributed by atoms with E-state index in [4.69, 9.17) is 5.73 Å². The summed E-state index contributed by atoms with van der Waals surface area (Å²) in [4.78, 5) is 23.5. The number of aromatic nitrogens is 2. The molecule has 1 aliphatic rings. The maximum atomic E-state index is 12.0. The number of nitrogens with zero attached hydrogens (tertiary/aromatic N) is 2. The molecule has 102 valence electrons. The SMILES string of the molecule is CC[C@@H]1CC(Cc2ccc(N)nn2)(C(=O)O)C(=O)N1. The van der Waals surface area contributed by atoms with Crippen molar-refractivity contribution in [3.05, 3.63) is 17.8 Å². The number of anilines is 1. The highest BCUT2D eigenvalue weighted by atomic mass is 16.4. The molecular formula is C12H16N4O3. The molecule has 7 heteroatoms. The van der Waals surface area contributed by atoms with E-state index >= 15 is 0 Å². The second-order valence-electron chi connectivity index (χ2n) is 4.80. The molecular weight excluding hydrogens is 248 g/mol. The normalized spacial score (nSPS) is 26.2. The van der Waals surface area contributed by atoms with Crippen LogP contribution >= 0.6 is 0 Å². The third-order valence-electron chi connectivity index (χ3n) is 3.49. The second-order valence-corrected chi connectivity index (χ2v) is 4.80. The Kier molecular flexibility index (Phi) is 3.37. The molecule has 1 aliphatic heterocycles. The van der Waals surface area contributed by atoms with Crippen LogP contribution in [0.3, 0.4) is 0 Å². The summed E-state index contributed by atoms with van der Waals surface area (Å²) in [6.45, 7) is 1.91. The topological polar surface area (TPSA) is 118 Å². The van der Waals surface area contributed by atoms with E-state index in [1.807, 2.05) is 6.92 Å². The van der Waals surface area contributed by atoms with Gasteiger partial charge >= 0.3 is 5.97 Å². The number of nitrogen functional groups attached to an aromatic ring is 1. The molecule has 2 rings (SSSR count). The predicted molar refractivity (Wildman–Crippen MR) is 67.1 cm³/mol. The minimum absolute atomic E-state index is 0.0257. The fourth-order valence-corrected chi connectivity index (χ4v) is 2.32. The molecule has 7 nitrogen and oxygen atoms in total. The molecule has 2 atom stereocenters. The van der Waals surface area contributed by atoms with E-state index in [0.717, 1.165) is 0 Å². The van der Waals surface area contributed by atoms with Crippen LogP contribution < -0.4 is 11.1 Å². The maximum Gasteiger partial charge on any atom is 0.319 e. The smallest absolute Gasteiger partial charge is 0.319 e. The number of carbonyl (C=O) groups excluding carboxylic acids is 1. The van der Waals surface area contributed by atoms with Crippen molar-refractivity contribution in [3.63, 3.8) is 0 Å². The van der Waals surface area contributed by atoms with Crippen LogP contribution in [0.15, 0.2) is 12.1 Å². The fraction of sp³-hybridized carbons (Fsp3) is 0.500. The van der Waals surface area contributed by atoms with Crippen LogP contribution in [-0.4, -0.2) is 33.2 Å². The van der Waals surface area contributed by atoms with Crippen molar-refractivity contribution in [2.75, 3.05) is 5.73 Å². The Morgan fingerprint density at radius 2 is 2.32 bits per heavy atom. The van der Waals surface area contributed by atoms with Crippen LogP contribution in [0.25, 0.3) is 0 Å².